The first kappa shape index (κ1) is 19.8. The summed E-state index contributed by atoms with van der Waals surface area (Å²) in [5, 5.41) is 19.2. The maximum Gasteiger partial charge on any atom is 0.340 e. The number of phenolic OH excluding ortho intramolecular Hbond substituents is 1. The van der Waals surface area contributed by atoms with Crippen LogP contribution in [0.3, 0.4) is 0 Å². The number of nitrogens with one attached hydrogen (secondary N) is 1. The van der Waals surface area contributed by atoms with E-state index in [0.717, 1.165) is 0 Å². The highest BCUT2D eigenvalue weighted by Crippen LogP contribution is 2.28. The highest BCUT2D eigenvalue weighted by Gasteiger charge is 2.27. The molecule has 0 spiro atoms. The largest absolute Gasteiger partial charge is 0.504 e. The molecule has 2 aromatic rings. The molecule has 0 radical (unpaired) electrons. The topological polar surface area (TPSA) is 112 Å². The van der Waals surface area contributed by atoms with Crippen LogP contribution in [0, 0.1) is 25.2 Å². The Labute approximate surface area is 156 Å². The van der Waals surface area contributed by atoms with Crippen molar-refractivity contribution >= 4 is 17.8 Å². The number of Topliss-reactive ketones (excluding diaryl/α,β-unsaturated/α-hetero) is 1. The van der Waals surface area contributed by atoms with Gasteiger partial charge in [-0.2, -0.15) is 5.26 Å². The number of phenols is 1. The standard InChI is InChI=1S/C20H20N2O5/c1-5-27-20(25)18-12(3)22-11(2)17(18)19(24)14(10-21)8-13-6-7-15(23)16(9-13)26-4/h6-9,22-23H,5H2,1-4H3/b14-8+. The molecule has 0 unspecified atom stereocenters. The smallest absolute Gasteiger partial charge is 0.340 e. The van der Waals surface area contributed by atoms with Gasteiger partial charge in [-0.3, -0.25) is 4.79 Å². The van der Waals surface area contributed by atoms with E-state index in [2.05, 4.69) is 4.98 Å². The molecule has 0 atom stereocenters. The summed E-state index contributed by atoms with van der Waals surface area (Å²) < 4.78 is 10.1. The summed E-state index contributed by atoms with van der Waals surface area (Å²) in [5.41, 5.74) is 1.56. The van der Waals surface area contributed by atoms with E-state index in [9.17, 15) is 20.0 Å². The van der Waals surface area contributed by atoms with Crippen LogP contribution in [0.25, 0.3) is 6.08 Å². The van der Waals surface area contributed by atoms with Crippen LogP contribution in [-0.4, -0.2) is 35.6 Å². The fraction of sp³-hybridized carbons (Fsp3) is 0.250. The molecule has 1 aromatic carbocycles. The number of H-pyrrole nitrogens is 1. The van der Waals surface area contributed by atoms with E-state index >= 15 is 0 Å². The number of nitriles is 1. The number of hydrogen-bond acceptors (Lipinski definition) is 6. The van der Waals surface area contributed by atoms with Gasteiger partial charge in [-0.15, -0.1) is 0 Å². The van der Waals surface area contributed by atoms with Crippen LogP contribution in [0.1, 0.15) is 44.6 Å². The van der Waals surface area contributed by atoms with Crippen molar-refractivity contribution in [1.29, 1.82) is 5.26 Å². The Kier molecular flexibility index (Phi) is 6.03. The number of carbonyl (C=O) groups excluding carboxylic acids is 2. The first-order valence-corrected chi connectivity index (χ1v) is 8.23. The Morgan fingerprint density at radius 1 is 1.26 bits per heavy atom. The number of ketones is 1. The van der Waals surface area contributed by atoms with Crippen molar-refractivity contribution in [3.05, 3.63) is 51.9 Å². The number of methoxy groups -OCH3 is 1. The van der Waals surface area contributed by atoms with E-state index in [-0.39, 0.29) is 34.8 Å². The number of aromatic hydroxyl groups is 1. The number of nitrogens with zero attached hydrogens (tertiary/aromatic N) is 1. The van der Waals surface area contributed by atoms with Gasteiger partial charge in [-0.25, -0.2) is 4.79 Å². The number of aromatic amines is 1. The predicted molar refractivity (Wildman–Crippen MR) is 98.8 cm³/mol. The van der Waals surface area contributed by atoms with Gasteiger partial charge in [0.1, 0.15) is 11.6 Å². The summed E-state index contributed by atoms with van der Waals surface area (Å²) in [6.45, 7) is 5.16. The molecule has 0 fully saturated rings. The maximum atomic E-state index is 13.0. The number of aryl methyl sites for hydroxylation is 2. The molecular weight excluding hydrogens is 348 g/mol. The Bertz CT molecular complexity index is 963. The van der Waals surface area contributed by atoms with Gasteiger partial charge in [0.15, 0.2) is 11.5 Å². The molecule has 0 saturated heterocycles. The SMILES string of the molecule is CCOC(=O)c1c(C)[nH]c(C)c1C(=O)/C(C#N)=C/c1ccc(O)c(OC)c1. The number of rotatable bonds is 6. The van der Waals surface area contributed by atoms with Crippen LogP contribution in [0.2, 0.25) is 0 Å². The molecule has 2 N–H and O–H groups in total. The highest BCUT2D eigenvalue weighted by atomic mass is 16.5. The van der Waals surface area contributed by atoms with Gasteiger partial charge in [0.05, 0.1) is 24.8 Å². The second-order valence-corrected chi connectivity index (χ2v) is 5.78. The molecule has 0 amide bonds. The fourth-order valence-electron chi connectivity index (χ4n) is 2.76. The van der Waals surface area contributed by atoms with Gasteiger partial charge in [-0.1, -0.05) is 6.07 Å². The second kappa shape index (κ2) is 8.23. The molecule has 0 aliphatic carbocycles. The van der Waals surface area contributed by atoms with Crippen molar-refractivity contribution in [3.8, 4) is 17.6 Å². The normalized spacial score (nSPS) is 11.0. The number of carbonyl (C=O) groups is 2. The minimum absolute atomic E-state index is 0.0545. The van der Waals surface area contributed by atoms with Gasteiger partial charge >= 0.3 is 5.97 Å². The van der Waals surface area contributed by atoms with E-state index in [1.54, 1.807) is 26.8 Å². The van der Waals surface area contributed by atoms with Gasteiger partial charge in [0, 0.05) is 11.4 Å². The molecule has 0 aliphatic heterocycles. The monoisotopic (exact) mass is 368 g/mol. The summed E-state index contributed by atoms with van der Waals surface area (Å²) >= 11 is 0. The number of esters is 1. The van der Waals surface area contributed by atoms with Crippen molar-refractivity contribution < 1.29 is 24.2 Å². The van der Waals surface area contributed by atoms with E-state index in [0.29, 0.717) is 17.0 Å². The van der Waals surface area contributed by atoms with Gasteiger partial charge in [0.2, 0.25) is 5.78 Å². The molecular formula is C20H20N2O5. The zero-order valence-electron chi connectivity index (χ0n) is 15.5. The van der Waals surface area contributed by atoms with Crippen LogP contribution in [0.15, 0.2) is 23.8 Å². The number of hydrogen-bond donors (Lipinski definition) is 2. The lowest BCUT2D eigenvalue weighted by molar-refractivity contribution is 0.0523. The molecule has 7 heteroatoms. The quantitative estimate of drug-likeness (QED) is 0.350. The van der Waals surface area contributed by atoms with E-state index in [1.807, 2.05) is 6.07 Å². The third-order valence-corrected chi connectivity index (χ3v) is 3.96. The number of benzene rings is 1. The minimum atomic E-state index is -0.619. The Balaban J connectivity index is 2.53. The molecule has 1 aromatic heterocycles. The molecule has 0 bridgehead atoms. The average Bonchev–Trinajstić information content (AvgIpc) is 2.94. The molecule has 0 aliphatic rings. The van der Waals surface area contributed by atoms with Gasteiger partial charge < -0.3 is 19.6 Å². The van der Waals surface area contributed by atoms with Crippen molar-refractivity contribution in [1.82, 2.24) is 4.98 Å². The van der Waals surface area contributed by atoms with Crippen molar-refractivity contribution in [2.24, 2.45) is 0 Å². The van der Waals surface area contributed by atoms with E-state index in [4.69, 9.17) is 9.47 Å². The molecule has 7 nitrogen and oxygen atoms in total. The lowest BCUT2D eigenvalue weighted by atomic mass is 9.98. The molecule has 0 saturated carbocycles. The Morgan fingerprint density at radius 2 is 1.93 bits per heavy atom. The van der Waals surface area contributed by atoms with Gasteiger partial charge in [-0.05, 0) is 44.5 Å². The van der Waals surface area contributed by atoms with E-state index < -0.39 is 11.8 Å². The zero-order valence-corrected chi connectivity index (χ0v) is 15.5. The second-order valence-electron chi connectivity index (χ2n) is 5.78. The van der Waals surface area contributed by atoms with Gasteiger partial charge in [0.25, 0.3) is 0 Å². The molecule has 1 heterocycles. The number of allylic oxidation sites excluding steroid dienone is 1. The van der Waals surface area contributed by atoms with Crippen LogP contribution in [-0.2, 0) is 4.74 Å². The molecule has 2 rings (SSSR count). The molecule has 140 valence electrons. The summed E-state index contributed by atoms with van der Waals surface area (Å²) in [6.07, 6.45) is 1.38. The van der Waals surface area contributed by atoms with Crippen molar-refractivity contribution in [3.63, 3.8) is 0 Å². The number of aromatic nitrogens is 1. The lowest BCUT2D eigenvalue weighted by Gasteiger charge is -2.06. The first-order chi connectivity index (χ1) is 12.8. The maximum absolute atomic E-state index is 13.0. The molecule has 27 heavy (non-hydrogen) atoms. The summed E-state index contributed by atoms with van der Waals surface area (Å²) in [5.74, 6) is -1.05. The summed E-state index contributed by atoms with van der Waals surface area (Å²) in [7, 11) is 1.40. The number of ether oxygens (including phenoxy) is 2. The van der Waals surface area contributed by atoms with Crippen molar-refractivity contribution in [2.45, 2.75) is 20.8 Å². The van der Waals surface area contributed by atoms with E-state index in [1.165, 1.54) is 25.3 Å². The predicted octanol–water partition coefficient (Wildman–Crippen LogP) is 3.31. The minimum Gasteiger partial charge on any atom is -0.504 e. The van der Waals surface area contributed by atoms with Crippen LogP contribution in [0.5, 0.6) is 11.5 Å². The Hall–Kier alpha value is -3.53. The first-order valence-electron chi connectivity index (χ1n) is 8.23. The summed E-state index contributed by atoms with van der Waals surface area (Å²) in [6, 6.07) is 6.33. The third-order valence-electron chi connectivity index (χ3n) is 3.96. The zero-order chi connectivity index (χ0) is 20.1. The third kappa shape index (κ3) is 4.01. The average molecular weight is 368 g/mol. The summed E-state index contributed by atoms with van der Waals surface area (Å²) in [4.78, 5) is 28.2. The van der Waals surface area contributed by atoms with Crippen LogP contribution in [0.4, 0.5) is 0 Å². The highest BCUT2D eigenvalue weighted by molar-refractivity contribution is 6.19. The van der Waals surface area contributed by atoms with Crippen LogP contribution < -0.4 is 4.74 Å². The lowest BCUT2D eigenvalue weighted by Crippen LogP contribution is -2.13. The Morgan fingerprint density at radius 3 is 2.52 bits per heavy atom. The van der Waals surface area contributed by atoms with Crippen molar-refractivity contribution in [2.75, 3.05) is 13.7 Å². The van der Waals surface area contributed by atoms with Crippen LogP contribution >= 0.6 is 0 Å². The fourth-order valence-corrected chi connectivity index (χ4v) is 2.76.